The molecule has 154 valence electrons. The first-order chi connectivity index (χ1) is 13.1. The maximum atomic E-state index is 12.3. The summed E-state index contributed by atoms with van der Waals surface area (Å²) >= 11 is 0. The summed E-state index contributed by atoms with van der Waals surface area (Å²) in [7, 11) is 0. The summed E-state index contributed by atoms with van der Waals surface area (Å²) in [5.41, 5.74) is 6.88. The number of halogens is 1. The average Bonchev–Trinajstić information content (AvgIpc) is 2.93. The van der Waals surface area contributed by atoms with Crippen molar-refractivity contribution in [1.82, 2.24) is 10.2 Å². The Bertz CT molecular complexity index is 682. The largest absolute Gasteiger partial charge is 0.356 e. The van der Waals surface area contributed by atoms with Gasteiger partial charge in [0.15, 0.2) is 0 Å². The molecule has 1 aromatic rings. The molecular weight excluding hydrogens is 378 g/mol. The van der Waals surface area contributed by atoms with Gasteiger partial charge in [0.25, 0.3) is 11.8 Å². The van der Waals surface area contributed by atoms with Gasteiger partial charge in [-0.2, -0.15) is 0 Å². The smallest absolute Gasteiger partial charge is 0.261 e. The number of rotatable bonds is 8. The van der Waals surface area contributed by atoms with Crippen LogP contribution in [0.3, 0.4) is 0 Å². The lowest BCUT2D eigenvalue weighted by Crippen LogP contribution is -2.39. The third-order valence-electron chi connectivity index (χ3n) is 5.89. The predicted octanol–water partition coefficient (Wildman–Crippen LogP) is 2.90. The van der Waals surface area contributed by atoms with Crippen molar-refractivity contribution in [3.05, 3.63) is 35.4 Å². The molecule has 2 aliphatic rings. The van der Waals surface area contributed by atoms with Crippen LogP contribution < -0.4 is 11.1 Å². The lowest BCUT2D eigenvalue weighted by atomic mass is 9.71. The highest BCUT2D eigenvalue weighted by molar-refractivity contribution is 6.21. The molecule has 0 radical (unpaired) electrons. The summed E-state index contributed by atoms with van der Waals surface area (Å²) in [6.45, 7) is 1.51. The molecule has 3 N–H and O–H groups in total. The average molecular weight is 408 g/mol. The standard InChI is InChI=1S/C21H29N3O3.ClH/c22-15-21(10-4-1-5-11-21)14-18(25)23-12-6-7-13-24-19(26)16-8-2-3-9-17(16)20(24)27;/h2-3,8-9H,1,4-7,10-15,22H2,(H,23,25);1H. The van der Waals surface area contributed by atoms with Crippen LogP contribution in [0.4, 0.5) is 0 Å². The Labute approximate surface area is 172 Å². The van der Waals surface area contributed by atoms with Gasteiger partial charge >= 0.3 is 0 Å². The topological polar surface area (TPSA) is 92.5 Å². The molecule has 1 aliphatic heterocycles. The Morgan fingerprint density at radius 2 is 1.64 bits per heavy atom. The number of carbonyl (C=O) groups excluding carboxylic acids is 3. The van der Waals surface area contributed by atoms with Crippen LogP contribution in [0.1, 0.15) is 72.1 Å². The fourth-order valence-electron chi connectivity index (χ4n) is 4.22. The van der Waals surface area contributed by atoms with Gasteiger partial charge < -0.3 is 11.1 Å². The van der Waals surface area contributed by atoms with Gasteiger partial charge in [-0.05, 0) is 49.8 Å². The minimum atomic E-state index is -0.221. The Kier molecular flexibility index (Phi) is 8.01. The van der Waals surface area contributed by atoms with E-state index in [1.807, 2.05) is 0 Å². The Morgan fingerprint density at radius 1 is 1.04 bits per heavy atom. The van der Waals surface area contributed by atoms with E-state index in [0.29, 0.717) is 43.6 Å². The number of nitrogens with one attached hydrogen (secondary N) is 1. The molecule has 1 aliphatic carbocycles. The first-order valence-corrected chi connectivity index (χ1v) is 9.98. The second-order valence-electron chi connectivity index (χ2n) is 7.81. The number of hydrogen-bond acceptors (Lipinski definition) is 4. The second kappa shape index (κ2) is 10.0. The van der Waals surface area contributed by atoms with Crippen molar-refractivity contribution < 1.29 is 14.4 Å². The van der Waals surface area contributed by atoms with Crippen molar-refractivity contribution in [2.45, 2.75) is 51.4 Å². The molecule has 1 aromatic carbocycles. The van der Waals surface area contributed by atoms with Gasteiger partial charge in [-0.1, -0.05) is 31.4 Å². The molecule has 7 heteroatoms. The van der Waals surface area contributed by atoms with E-state index in [0.717, 1.165) is 32.1 Å². The van der Waals surface area contributed by atoms with Gasteiger partial charge in [-0.3, -0.25) is 19.3 Å². The van der Waals surface area contributed by atoms with E-state index in [9.17, 15) is 14.4 Å². The van der Waals surface area contributed by atoms with Crippen LogP contribution in [0.5, 0.6) is 0 Å². The Balaban J connectivity index is 0.00000280. The fraction of sp³-hybridized carbons (Fsp3) is 0.571. The molecule has 0 aromatic heterocycles. The first kappa shape index (κ1) is 22.4. The maximum absolute atomic E-state index is 12.3. The number of imide groups is 1. The summed E-state index contributed by atoms with van der Waals surface area (Å²) in [6.07, 6.45) is 7.54. The van der Waals surface area contributed by atoms with Crippen LogP contribution in [-0.2, 0) is 4.79 Å². The van der Waals surface area contributed by atoms with Crippen LogP contribution in [0.15, 0.2) is 24.3 Å². The number of hydrogen-bond donors (Lipinski definition) is 2. The molecule has 0 spiro atoms. The number of nitrogens with zero attached hydrogens (tertiary/aromatic N) is 1. The van der Waals surface area contributed by atoms with Crippen LogP contribution in [0, 0.1) is 5.41 Å². The molecule has 0 bridgehead atoms. The van der Waals surface area contributed by atoms with E-state index in [1.165, 1.54) is 11.3 Å². The van der Waals surface area contributed by atoms with Crippen LogP contribution in [0.2, 0.25) is 0 Å². The van der Waals surface area contributed by atoms with Crippen molar-refractivity contribution in [1.29, 1.82) is 0 Å². The summed E-state index contributed by atoms with van der Waals surface area (Å²) in [5.74, 6) is -0.383. The zero-order valence-electron chi connectivity index (χ0n) is 16.2. The van der Waals surface area contributed by atoms with Crippen LogP contribution in [-0.4, -0.2) is 42.3 Å². The van der Waals surface area contributed by atoms with Gasteiger partial charge in [0.1, 0.15) is 0 Å². The van der Waals surface area contributed by atoms with Crippen molar-refractivity contribution >= 4 is 30.1 Å². The molecule has 0 atom stereocenters. The molecular formula is C21H30ClN3O3. The molecule has 0 saturated heterocycles. The van der Waals surface area contributed by atoms with Crippen molar-refractivity contribution in [2.75, 3.05) is 19.6 Å². The fourth-order valence-corrected chi connectivity index (χ4v) is 4.22. The predicted molar refractivity (Wildman–Crippen MR) is 110 cm³/mol. The molecule has 3 rings (SSSR count). The van der Waals surface area contributed by atoms with E-state index >= 15 is 0 Å². The molecule has 1 heterocycles. The van der Waals surface area contributed by atoms with Crippen LogP contribution >= 0.6 is 12.4 Å². The van der Waals surface area contributed by atoms with E-state index < -0.39 is 0 Å². The third-order valence-corrected chi connectivity index (χ3v) is 5.89. The Morgan fingerprint density at radius 3 is 2.21 bits per heavy atom. The van der Waals surface area contributed by atoms with Gasteiger partial charge in [-0.25, -0.2) is 0 Å². The number of benzene rings is 1. The van der Waals surface area contributed by atoms with E-state index in [1.54, 1.807) is 24.3 Å². The van der Waals surface area contributed by atoms with Gasteiger partial charge in [0.05, 0.1) is 11.1 Å². The number of fused-ring (bicyclic) bond motifs is 1. The third kappa shape index (κ3) is 4.92. The number of unbranched alkanes of at least 4 members (excludes halogenated alkanes) is 1. The van der Waals surface area contributed by atoms with Crippen molar-refractivity contribution in [3.63, 3.8) is 0 Å². The minimum absolute atomic E-state index is 0. The molecule has 1 fully saturated rings. The molecule has 0 unspecified atom stereocenters. The normalized spacial score (nSPS) is 17.8. The van der Waals surface area contributed by atoms with Gasteiger partial charge in [-0.15, -0.1) is 12.4 Å². The number of carbonyl (C=O) groups is 3. The number of amides is 3. The van der Waals surface area contributed by atoms with Crippen molar-refractivity contribution in [3.8, 4) is 0 Å². The van der Waals surface area contributed by atoms with Crippen molar-refractivity contribution in [2.24, 2.45) is 11.1 Å². The zero-order chi connectivity index (χ0) is 19.3. The van der Waals surface area contributed by atoms with E-state index in [4.69, 9.17) is 5.73 Å². The number of nitrogens with two attached hydrogens (primary N) is 1. The van der Waals surface area contributed by atoms with Gasteiger partial charge in [0, 0.05) is 19.5 Å². The highest BCUT2D eigenvalue weighted by Gasteiger charge is 2.35. The maximum Gasteiger partial charge on any atom is 0.261 e. The summed E-state index contributed by atoms with van der Waals surface area (Å²) in [4.78, 5) is 38.2. The van der Waals surface area contributed by atoms with E-state index in [2.05, 4.69) is 5.32 Å². The molecule has 28 heavy (non-hydrogen) atoms. The lowest BCUT2D eigenvalue weighted by molar-refractivity contribution is -0.123. The summed E-state index contributed by atoms with van der Waals surface area (Å²) in [6, 6.07) is 6.91. The summed E-state index contributed by atoms with van der Waals surface area (Å²) in [5, 5.41) is 2.97. The quantitative estimate of drug-likeness (QED) is 0.512. The minimum Gasteiger partial charge on any atom is -0.356 e. The molecule has 6 nitrogen and oxygen atoms in total. The SMILES string of the molecule is Cl.NCC1(CC(=O)NCCCCN2C(=O)c3ccccc3C2=O)CCCCC1. The summed E-state index contributed by atoms with van der Waals surface area (Å²) < 4.78 is 0. The Hall–Kier alpha value is -1.92. The molecule has 1 saturated carbocycles. The lowest BCUT2D eigenvalue weighted by Gasteiger charge is -2.35. The van der Waals surface area contributed by atoms with Crippen LogP contribution in [0.25, 0.3) is 0 Å². The monoisotopic (exact) mass is 407 g/mol. The first-order valence-electron chi connectivity index (χ1n) is 9.98. The van der Waals surface area contributed by atoms with E-state index in [-0.39, 0.29) is 35.5 Å². The zero-order valence-corrected chi connectivity index (χ0v) is 17.1. The highest BCUT2D eigenvalue weighted by atomic mass is 35.5. The highest BCUT2D eigenvalue weighted by Crippen LogP contribution is 2.38. The second-order valence-corrected chi connectivity index (χ2v) is 7.81. The van der Waals surface area contributed by atoms with Gasteiger partial charge in [0.2, 0.25) is 5.91 Å². The molecule has 3 amide bonds.